The molecule has 0 aliphatic heterocycles. The van der Waals surface area contributed by atoms with Crippen molar-refractivity contribution in [3.8, 4) is 11.1 Å². The summed E-state index contributed by atoms with van der Waals surface area (Å²) < 4.78 is 68.4. The molecule has 1 heterocycles. The lowest BCUT2D eigenvalue weighted by Gasteiger charge is -2.21. The highest BCUT2D eigenvalue weighted by Crippen LogP contribution is 2.41. The molecule has 0 spiro atoms. The van der Waals surface area contributed by atoms with Crippen molar-refractivity contribution in [3.63, 3.8) is 0 Å². The van der Waals surface area contributed by atoms with Crippen LogP contribution in [0.4, 0.5) is 33.3 Å². The number of rotatable bonds is 5. The number of aryl methyl sites for hydroxylation is 1. The van der Waals surface area contributed by atoms with E-state index in [0.717, 1.165) is 21.7 Å². The van der Waals surface area contributed by atoms with Gasteiger partial charge in [-0.3, -0.25) is 14.4 Å². The number of halogens is 6. The molecule has 3 rings (SSSR count). The Labute approximate surface area is 160 Å². The lowest BCUT2D eigenvalue weighted by molar-refractivity contribution is -0.106. The molecule has 4 nitrogen and oxygen atoms in total. The summed E-state index contributed by atoms with van der Waals surface area (Å²) >= 11 is 6.05. The van der Waals surface area contributed by atoms with Crippen LogP contribution in [0, 0.1) is 17.5 Å². The standard InChI is InChI=1S/C18H11ClF5N3O/c1-26-17(19)16(15(25-26)18(23)24)27(8-28)13-5-3-2-4-10(13)9-6-11(20)14(22)12(21)7-9/h2-8,18H,1H3. The number of anilines is 2. The molecule has 0 aliphatic rings. The summed E-state index contributed by atoms with van der Waals surface area (Å²) in [6.45, 7) is 0. The second-order valence-electron chi connectivity index (χ2n) is 5.70. The van der Waals surface area contributed by atoms with Gasteiger partial charge in [0.2, 0.25) is 6.41 Å². The van der Waals surface area contributed by atoms with Gasteiger partial charge in [-0.2, -0.15) is 5.10 Å². The normalized spacial score (nSPS) is 11.1. The predicted molar refractivity (Wildman–Crippen MR) is 93.1 cm³/mol. The molecule has 2 aromatic carbocycles. The summed E-state index contributed by atoms with van der Waals surface area (Å²) in [7, 11) is 1.32. The van der Waals surface area contributed by atoms with Gasteiger partial charge in [0.05, 0.1) is 5.69 Å². The zero-order valence-corrected chi connectivity index (χ0v) is 14.9. The van der Waals surface area contributed by atoms with Crippen LogP contribution in [0.1, 0.15) is 12.1 Å². The van der Waals surface area contributed by atoms with Gasteiger partial charge in [0.1, 0.15) is 5.69 Å². The summed E-state index contributed by atoms with van der Waals surface area (Å²) in [5, 5.41) is 3.37. The Kier molecular flexibility index (Phi) is 5.37. The van der Waals surface area contributed by atoms with Gasteiger partial charge in [0.15, 0.2) is 28.3 Å². The molecule has 1 aromatic heterocycles. The van der Waals surface area contributed by atoms with E-state index in [9.17, 15) is 26.7 Å². The predicted octanol–water partition coefficient (Wildman–Crippen LogP) is 5.39. The quantitative estimate of drug-likeness (QED) is 0.318. The first-order chi connectivity index (χ1) is 13.3. The van der Waals surface area contributed by atoms with Crippen molar-refractivity contribution in [1.29, 1.82) is 0 Å². The van der Waals surface area contributed by atoms with Crippen molar-refractivity contribution >= 4 is 29.4 Å². The molecule has 0 bridgehead atoms. The van der Waals surface area contributed by atoms with Crippen molar-refractivity contribution in [2.45, 2.75) is 6.43 Å². The Hall–Kier alpha value is -2.94. The van der Waals surface area contributed by atoms with Gasteiger partial charge in [-0.1, -0.05) is 29.8 Å². The minimum absolute atomic E-state index is 0.000270. The first-order valence-electron chi connectivity index (χ1n) is 7.75. The van der Waals surface area contributed by atoms with E-state index in [0.29, 0.717) is 0 Å². The third-order valence-corrected chi connectivity index (χ3v) is 4.41. The summed E-state index contributed by atoms with van der Waals surface area (Å²) in [5.41, 5.74) is -1.12. The van der Waals surface area contributed by atoms with Gasteiger partial charge in [-0.05, 0) is 23.8 Å². The molecule has 1 amide bonds. The first-order valence-corrected chi connectivity index (χ1v) is 8.13. The third-order valence-electron chi connectivity index (χ3n) is 3.99. The maximum Gasteiger partial charge on any atom is 0.284 e. The van der Waals surface area contributed by atoms with Crippen molar-refractivity contribution in [3.05, 3.63) is 64.7 Å². The monoisotopic (exact) mass is 415 g/mol. The number of benzene rings is 2. The number of carbonyl (C=O) groups excluding carboxylic acids is 1. The highest BCUT2D eigenvalue weighted by atomic mass is 35.5. The Bertz CT molecular complexity index is 1030. The van der Waals surface area contributed by atoms with Crippen LogP contribution >= 0.6 is 11.6 Å². The van der Waals surface area contributed by atoms with Crippen LogP contribution in [0.15, 0.2) is 36.4 Å². The average molecular weight is 416 g/mol. The van der Waals surface area contributed by atoms with Crippen LogP contribution in [0.3, 0.4) is 0 Å². The summed E-state index contributed by atoms with van der Waals surface area (Å²) in [5.74, 6) is -4.52. The van der Waals surface area contributed by atoms with Gasteiger partial charge in [-0.15, -0.1) is 0 Å². The van der Waals surface area contributed by atoms with Gasteiger partial charge in [0, 0.05) is 12.6 Å². The largest absolute Gasteiger partial charge is 0.284 e. The van der Waals surface area contributed by atoms with E-state index in [-0.39, 0.29) is 34.1 Å². The number of alkyl halides is 2. The summed E-state index contributed by atoms with van der Waals surface area (Å²) in [4.78, 5) is 12.6. The molecule has 0 aliphatic carbocycles. The van der Waals surface area contributed by atoms with Crippen molar-refractivity contribution in [2.75, 3.05) is 4.90 Å². The number of amides is 1. The lowest BCUT2D eigenvalue weighted by Crippen LogP contribution is -2.17. The number of nitrogens with zero attached hydrogens (tertiary/aromatic N) is 3. The summed E-state index contributed by atoms with van der Waals surface area (Å²) in [6, 6.07) is 7.21. The average Bonchev–Trinajstić information content (AvgIpc) is 2.96. The van der Waals surface area contributed by atoms with Crippen molar-refractivity contribution < 1.29 is 26.7 Å². The highest BCUT2D eigenvalue weighted by Gasteiger charge is 2.28. The smallest absolute Gasteiger partial charge is 0.278 e. The molecule has 0 unspecified atom stereocenters. The Morgan fingerprint density at radius 2 is 1.75 bits per heavy atom. The Morgan fingerprint density at radius 3 is 2.32 bits per heavy atom. The van der Waals surface area contributed by atoms with Crippen LogP contribution in [0.5, 0.6) is 0 Å². The molecule has 10 heteroatoms. The molecule has 0 saturated heterocycles. The van der Waals surface area contributed by atoms with Crippen LogP contribution in [-0.4, -0.2) is 16.2 Å². The van der Waals surface area contributed by atoms with E-state index in [1.807, 2.05) is 0 Å². The lowest BCUT2D eigenvalue weighted by atomic mass is 10.0. The molecular formula is C18H11ClF5N3O. The van der Waals surface area contributed by atoms with Crippen LogP contribution in [0.25, 0.3) is 11.1 Å². The number of aromatic nitrogens is 2. The zero-order valence-electron chi connectivity index (χ0n) is 14.1. The minimum Gasteiger partial charge on any atom is -0.278 e. The fourth-order valence-electron chi connectivity index (χ4n) is 2.75. The van der Waals surface area contributed by atoms with Crippen molar-refractivity contribution in [2.24, 2.45) is 7.05 Å². The van der Waals surface area contributed by atoms with Crippen LogP contribution < -0.4 is 4.90 Å². The molecule has 0 saturated carbocycles. The Balaban J connectivity index is 2.24. The maximum atomic E-state index is 13.7. The number of hydrogen-bond acceptors (Lipinski definition) is 2. The van der Waals surface area contributed by atoms with Gasteiger partial charge in [0.25, 0.3) is 6.43 Å². The number of para-hydroxylation sites is 1. The van der Waals surface area contributed by atoms with Crippen molar-refractivity contribution in [1.82, 2.24) is 9.78 Å². The minimum atomic E-state index is -3.04. The van der Waals surface area contributed by atoms with E-state index in [1.54, 1.807) is 0 Å². The second kappa shape index (κ2) is 7.59. The van der Waals surface area contributed by atoms with E-state index in [2.05, 4.69) is 5.10 Å². The maximum absolute atomic E-state index is 13.7. The molecule has 0 radical (unpaired) electrons. The summed E-state index contributed by atoms with van der Waals surface area (Å²) in [6.07, 6.45) is -2.81. The van der Waals surface area contributed by atoms with E-state index in [1.165, 1.54) is 31.3 Å². The van der Waals surface area contributed by atoms with Gasteiger partial charge in [-0.25, -0.2) is 22.0 Å². The number of hydrogen-bond donors (Lipinski definition) is 0. The van der Waals surface area contributed by atoms with Crippen LogP contribution in [-0.2, 0) is 11.8 Å². The molecule has 0 atom stereocenters. The van der Waals surface area contributed by atoms with E-state index in [4.69, 9.17) is 11.6 Å². The Morgan fingerprint density at radius 1 is 1.14 bits per heavy atom. The van der Waals surface area contributed by atoms with E-state index < -0.39 is 29.6 Å². The first kappa shape index (κ1) is 19.8. The molecule has 0 N–H and O–H groups in total. The fourth-order valence-corrected chi connectivity index (χ4v) is 2.98. The highest BCUT2D eigenvalue weighted by molar-refractivity contribution is 6.33. The molecule has 3 aromatic rings. The topological polar surface area (TPSA) is 38.1 Å². The molecular weight excluding hydrogens is 405 g/mol. The molecule has 0 fully saturated rings. The SMILES string of the molecule is Cn1nc(C(F)F)c(N(C=O)c2ccccc2-c2cc(F)c(F)c(F)c2)c1Cl. The van der Waals surface area contributed by atoms with Crippen LogP contribution in [0.2, 0.25) is 5.15 Å². The van der Waals surface area contributed by atoms with E-state index >= 15 is 0 Å². The number of carbonyl (C=O) groups is 1. The van der Waals surface area contributed by atoms with Gasteiger partial charge < -0.3 is 0 Å². The third kappa shape index (κ3) is 3.33. The molecule has 146 valence electrons. The fraction of sp³-hybridized carbons (Fsp3) is 0.111. The molecule has 28 heavy (non-hydrogen) atoms. The second-order valence-corrected chi connectivity index (χ2v) is 6.05. The zero-order chi connectivity index (χ0) is 20.6. The van der Waals surface area contributed by atoms with Gasteiger partial charge >= 0.3 is 0 Å².